The van der Waals surface area contributed by atoms with E-state index in [0.29, 0.717) is 55.9 Å². The summed E-state index contributed by atoms with van der Waals surface area (Å²) in [6.07, 6.45) is 1.93. The monoisotopic (exact) mass is 715 g/mol. The second kappa shape index (κ2) is 18.3. The lowest BCUT2D eigenvalue weighted by molar-refractivity contribution is -0.132. The van der Waals surface area contributed by atoms with E-state index in [2.05, 4.69) is 26.4 Å². The molecule has 1 unspecified atom stereocenters. The Morgan fingerprint density at radius 2 is 1.62 bits per heavy atom. The van der Waals surface area contributed by atoms with Crippen molar-refractivity contribution in [2.45, 2.75) is 90.9 Å². The largest absolute Gasteiger partial charge is 0.497 e. The third-order valence-corrected chi connectivity index (χ3v) is 9.51. The van der Waals surface area contributed by atoms with Gasteiger partial charge in [0.25, 0.3) is 11.8 Å². The summed E-state index contributed by atoms with van der Waals surface area (Å²) in [5.74, 6) is -1.49. The average Bonchev–Trinajstić information content (AvgIpc) is 3.53. The first kappa shape index (κ1) is 39.6. The molecule has 3 heterocycles. The minimum absolute atomic E-state index is 0.144. The van der Waals surface area contributed by atoms with Crippen molar-refractivity contribution >= 4 is 29.5 Å². The summed E-state index contributed by atoms with van der Waals surface area (Å²) in [6, 6.07) is 13.1. The summed E-state index contributed by atoms with van der Waals surface area (Å²) < 4.78 is 6.86. The molecule has 0 saturated heterocycles. The van der Waals surface area contributed by atoms with Crippen LogP contribution in [-0.2, 0) is 34.4 Å². The zero-order chi connectivity index (χ0) is 37.9. The third-order valence-electron chi connectivity index (χ3n) is 9.51. The van der Waals surface area contributed by atoms with E-state index in [1.54, 1.807) is 79.2 Å². The van der Waals surface area contributed by atoms with Crippen molar-refractivity contribution in [1.29, 1.82) is 0 Å². The normalized spacial score (nSPS) is 20.3. The molecule has 4 N–H and O–H groups in total. The van der Waals surface area contributed by atoms with E-state index < -0.39 is 35.8 Å². The first-order chi connectivity index (χ1) is 24.8. The van der Waals surface area contributed by atoms with Crippen molar-refractivity contribution in [1.82, 2.24) is 35.9 Å². The van der Waals surface area contributed by atoms with Crippen LogP contribution in [0.1, 0.15) is 97.5 Å². The number of ether oxygens (including phenoxy) is 1. The highest BCUT2D eigenvalue weighted by molar-refractivity contribution is 5.99. The molecule has 1 aromatic heterocycles. The number of hydrogen-bond donors (Lipinski definition) is 4. The third kappa shape index (κ3) is 10.4. The number of rotatable bonds is 7. The van der Waals surface area contributed by atoms with Crippen LogP contribution in [0.15, 0.2) is 54.6 Å². The Kier molecular flexibility index (Phi) is 14.0. The van der Waals surface area contributed by atoms with Crippen molar-refractivity contribution in [3.8, 4) is 5.75 Å². The highest BCUT2D eigenvalue weighted by atomic mass is 16.5. The molecule has 4 atom stereocenters. The fourth-order valence-electron chi connectivity index (χ4n) is 5.93. The van der Waals surface area contributed by atoms with E-state index in [1.165, 1.54) is 0 Å². The highest BCUT2D eigenvalue weighted by Crippen LogP contribution is 2.19. The Morgan fingerprint density at radius 1 is 0.923 bits per heavy atom. The van der Waals surface area contributed by atoms with Crippen LogP contribution in [0.5, 0.6) is 5.75 Å². The summed E-state index contributed by atoms with van der Waals surface area (Å²) in [5.41, 5.74) is 3.25. The molecule has 13 heteroatoms. The Labute approximate surface area is 306 Å². The number of aromatic nitrogens is 2. The smallest absolute Gasteiger partial charge is 0.272 e. The molecule has 5 amide bonds. The Bertz CT molecular complexity index is 1700. The molecule has 2 aliphatic rings. The predicted octanol–water partition coefficient (Wildman–Crippen LogP) is 3.48. The second-order valence-electron chi connectivity index (χ2n) is 13.8. The molecule has 280 valence electrons. The van der Waals surface area contributed by atoms with Gasteiger partial charge in [0, 0.05) is 38.7 Å². The van der Waals surface area contributed by atoms with Crippen LogP contribution in [0.4, 0.5) is 0 Å². The molecule has 2 bridgehead atoms. The zero-order valence-electron chi connectivity index (χ0n) is 31.3. The maximum atomic E-state index is 13.9. The number of aryl methyl sites for hydroxylation is 1. The first-order valence-electron chi connectivity index (χ1n) is 18.1. The molecule has 2 aliphatic heterocycles. The van der Waals surface area contributed by atoms with Gasteiger partial charge in [-0.2, -0.15) is 5.10 Å². The lowest BCUT2D eigenvalue weighted by atomic mass is 9.96. The molecular formula is C39H53N7O6. The van der Waals surface area contributed by atoms with E-state index >= 15 is 0 Å². The quantitative estimate of drug-likeness (QED) is 0.272. The van der Waals surface area contributed by atoms with Crippen molar-refractivity contribution in [3.05, 3.63) is 82.7 Å². The van der Waals surface area contributed by atoms with E-state index in [1.807, 2.05) is 33.8 Å². The van der Waals surface area contributed by atoms with Gasteiger partial charge < -0.3 is 30.9 Å². The summed E-state index contributed by atoms with van der Waals surface area (Å²) in [7, 11) is 3.32. The maximum absolute atomic E-state index is 13.9. The topological polar surface area (TPSA) is 164 Å². The van der Waals surface area contributed by atoms with Crippen LogP contribution in [0.25, 0.3) is 0 Å². The van der Waals surface area contributed by atoms with Gasteiger partial charge in [-0.1, -0.05) is 58.4 Å². The molecule has 52 heavy (non-hydrogen) atoms. The van der Waals surface area contributed by atoms with Crippen LogP contribution < -0.4 is 26.0 Å². The fourth-order valence-corrected chi connectivity index (χ4v) is 5.93. The van der Waals surface area contributed by atoms with Gasteiger partial charge in [-0.05, 0) is 73.1 Å². The summed E-state index contributed by atoms with van der Waals surface area (Å²) in [6.45, 7) is 10.5. The van der Waals surface area contributed by atoms with Gasteiger partial charge in [0.15, 0.2) is 0 Å². The highest BCUT2D eigenvalue weighted by Gasteiger charge is 2.32. The molecule has 0 radical (unpaired) electrons. The predicted molar refractivity (Wildman–Crippen MR) is 198 cm³/mol. The number of benzene rings is 2. The van der Waals surface area contributed by atoms with Crippen LogP contribution >= 0.6 is 0 Å². The van der Waals surface area contributed by atoms with Gasteiger partial charge in [-0.3, -0.25) is 28.7 Å². The number of hydrogen-bond acceptors (Lipinski definition) is 7. The molecule has 0 aliphatic carbocycles. The summed E-state index contributed by atoms with van der Waals surface area (Å²) in [5, 5.41) is 15.9. The van der Waals surface area contributed by atoms with Gasteiger partial charge in [0.1, 0.15) is 29.6 Å². The number of nitrogens with zero attached hydrogens (tertiary/aromatic N) is 3. The average molecular weight is 716 g/mol. The van der Waals surface area contributed by atoms with Crippen LogP contribution in [0.3, 0.4) is 0 Å². The molecular weight excluding hydrogens is 662 g/mol. The van der Waals surface area contributed by atoms with Crippen molar-refractivity contribution < 1.29 is 28.7 Å². The van der Waals surface area contributed by atoms with E-state index in [9.17, 15) is 24.0 Å². The number of methoxy groups -OCH3 is 1. The first-order valence-corrected chi connectivity index (χ1v) is 18.1. The molecule has 0 spiro atoms. The number of carbonyl (C=O) groups excluding carboxylic acids is 5. The van der Waals surface area contributed by atoms with Gasteiger partial charge in [0.05, 0.1) is 12.8 Å². The van der Waals surface area contributed by atoms with Gasteiger partial charge >= 0.3 is 0 Å². The lowest BCUT2D eigenvalue weighted by Crippen LogP contribution is -2.58. The molecule has 2 aromatic carbocycles. The zero-order valence-corrected chi connectivity index (χ0v) is 31.3. The maximum Gasteiger partial charge on any atom is 0.272 e. The molecule has 5 rings (SSSR count). The van der Waals surface area contributed by atoms with Crippen LogP contribution in [-0.4, -0.2) is 82.5 Å². The Balaban J connectivity index is 1.62. The Hall–Kier alpha value is -5.20. The van der Waals surface area contributed by atoms with Gasteiger partial charge in [-0.25, -0.2) is 0 Å². The Morgan fingerprint density at radius 3 is 2.23 bits per heavy atom. The van der Waals surface area contributed by atoms with Crippen molar-refractivity contribution in [3.63, 3.8) is 0 Å². The minimum Gasteiger partial charge on any atom is -0.497 e. The summed E-state index contributed by atoms with van der Waals surface area (Å²) >= 11 is 0. The number of carbonyl (C=O) groups is 5. The van der Waals surface area contributed by atoms with E-state index in [-0.39, 0.29) is 30.1 Å². The number of fused-ring (bicyclic) bond motifs is 18. The number of nitrogens with one attached hydrogen (secondary N) is 4. The molecule has 0 saturated carbocycles. The van der Waals surface area contributed by atoms with Crippen LogP contribution in [0.2, 0.25) is 0 Å². The summed E-state index contributed by atoms with van der Waals surface area (Å²) in [4.78, 5) is 69.7. The van der Waals surface area contributed by atoms with E-state index in [0.717, 1.165) is 16.8 Å². The number of amides is 5. The van der Waals surface area contributed by atoms with Crippen molar-refractivity contribution in [2.24, 2.45) is 13.0 Å². The van der Waals surface area contributed by atoms with Crippen LogP contribution in [0, 0.1) is 5.92 Å². The van der Waals surface area contributed by atoms with Crippen molar-refractivity contribution in [2.75, 3.05) is 20.2 Å². The van der Waals surface area contributed by atoms with Gasteiger partial charge in [-0.15, -0.1) is 0 Å². The SMILES string of the molecule is CC[C@H](C)C1NC(=O)c2ccc(cc2)CN(C(=O)c2cc(C(C)C)nn2C)CCCCNC(=O)[C@@H](C)NC(=O)[C@H](Cc2ccc(OC)cc2)NC1=O. The molecule has 0 fully saturated rings. The second-order valence-corrected chi connectivity index (χ2v) is 13.8. The van der Waals surface area contributed by atoms with Gasteiger partial charge in [0.2, 0.25) is 17.7 Å². The fraction of sp³-hybridized carbons (Fsp3) is 0.487. The lowest BCUT2D eigenvalue weighted by Gasteiger charge is -2.27. The standard InChI is InChI=1S/C39H53N7O6/c1-8-25(4)34-38(50)42-32(21-27-13-17-30(52-7)18-14-27)37(49)41-26(5)35(47)40-19-9-10-20-46(23-28-11-15-29(16-12-28)36(48)43-34)39(51)33-22-31(24(2)3)44-45(33)6/h11-18,22,24-26,32,34H,8-10,19-21,23H2,1-7H3,(H,40,47)(H,41,49)(H,42,50)(H,43,48)/t25-,26+,32-,34?/m0/s1. The molecule has 13 nitrogen and oxygen atoms in total. The molecule has 3 aromatic rings. The minimum atomic E-state index is -1.03. The van der Waals surface area contributed by atoms with E-state index in [4.69, 9.17) is 4.74 Å².